The molecule has 6 heteroatoms. The lowest BCUT2D eigenvalue weighted by Gasteiger charge is -2.18. The maximum absolute atomic E-state index is 10.7. The van der Waals surface area contributed by atoms with Crippen LogP contribution in [0.2, 0.25) is 0 Å². The Bertz CT molecular complexity index is 209. The number of hydrogen-bond donors (Lipinski definition) is 2. The average molecular weight is 242 g/mol. The molecule has 0 unspecified atom stereocenters. The first-order chi connectivity index (χ1) is 5.72. The van der Waals surface area contributed by atoms with Crippen LogP contribution >= 0.6 is 35.9 Å². The summed E-state index contributed by atoms with van der Waals surface area (Å²) in [7, 11) is 0. The van der Waals surface area contributed by atoms with E-state index in [2.05, 4.69) is 5.32 Å². The molecule has 2 aliphatic heterocycles. The number of carboxylic acids is 1. The highest BCUT2D eigenvalue weighted by Crippen LogP contribution is 2.48. The molecule has 1 spiro atoms. The largest absolute Gasteiger partial charge is 0.480 e. The van der Waals surface area contributed by atoms with Crippen molar-refractivity contribution in [1.29, 1.82) is 0 Å². The fraction of sp³-hybridized carbons (Fsp3) is 0.857. The van der Waals surface area contributed by atoms with Gasteiger partial charge in [0.2, 0.25) is 0 Å². The molecular weight excluding hydrogens is 230 g/mol. The minimum atomic E-state index is -0.708. The minimum absolute atomic E-state index is 0. The summed E-state index contributed by atoms with van der Waals surface area (Å²) in [6.45, 7) is 0.847. The highest BCUT2D eigenvalue weighted by molar-refractivity contribution is 8.21. The Morgan fingerprint density at radius 3 is 2.54 bits per heavy atom. The number of carbonyl (C=O) groups is 1. The molecule has 0 aliphatic carbocycles. The Kier molecular flexibility index (Phi) is 3.80. The second-order valence-electron chi connectivity index (χ2n) is 3.08. The zero-order valence-electron chi connectivity index (χ0n) is 6.99. The molecule has 0 aromatic heterocycles. The van der Waals surface area contributed by atoms with Gasteiger partial charge in [-0.3, -0.25) is 4.79 Å². The van der Waals surface area contributed by atoms with Gasteiger partial charge < -0.3 is 10.4 Å². The first kappa shape index (κ1) is 11.5. The second-order valence-corrected chi connectivity index (χ2v) is 6.30. The molecule has 1 atom stereocenters. The highest BCUT2D eigenvalue weighted by Gasteiger charge is 2.44. The summed E-state index contributed by atoms with van der Waals surface area (Å²) in [5.74, 6) is 1.62. The van der Waals surface area contributed by atoms with Gasteiger partial charge in [0, 0.05) is 18.1 Å². The summed E-state index contributed by atoms with van der Waals surface area (Å²) >= 11 is 3.82. The molecule has 2 N–H and O–H groups in total. The highest BCUT2D eigenvalue weighted by atomic mass is 35.5. The Hall–Kier alpha value is 0.420. The number of rotatable bonds is 1. The summed E-state index contributed by atoms with van der Waals surface area (Å²) in [6.07, 6.45) is 0.775. The molecule has 2 saturated heterocycles. The molecule has 0 radical (unpaired) electrons. The second kappa shape index (κ2) is 4.29. The van der Waals surface area contributed by atoms with E-state index in [-0.39, 0.29) is 22.5 Å². The number of aliphatic carboxylic acids is 1. The molecule has 2 aliphatic rings. The van der Waals surface area contributed by atoms with Crippen LogP contribution in [0, 0.1) is 0 Å². The lowest BCUT2D eigenvalue weighted by atomic mass is 10.2. The quantitative estimate of drug-likeness (QED) is 0.718. The van der Waals surface area contributed by atoms with Gasteiger partial charge in [0.05, 0.1) is 4.08 Å². The molecule has 13 heavy (non-hydrogen) atoms. The van der Waals surface area contributed by atoms with E-state index < -0.39 is 5.97 Å². The number of nitrogens with one attached hydrogen (secondary N) is 1. The number of thioether (sulfide) groups is 2. The van der Waals surface area contributed by atoms with Crippen molar-refractivity contribution in [3.63, 3.8) is 0 Å². The van der Waals surface area contributed by atoms with Gasteiger partial charge in [-0.25, -0.2) is 0 Å². The lowest BCUT2D eigenvalue weighted by molar-refractivity contribution is -0.139. The summed E-state index contributed by atoms with van der Waals surface area (Å²) < 4.78 is 0.184. The monoisotopic (exact) mass is 241 g/mol. The number of carboxylic acid groups (broad SMARTS) is 1. The minimum Gasteiger partial charge on any atom is -0.480 e. The van der Waals surface area contributed by atoms with Crippen LogP contribution < -0.4 is 5.32 Å². The van der Waals surface area contributed by atoms with Crippen molar-refractivity contribution in [3.05, 3.63) is 0 Å². The fourth-order valence-electron chi connectivity index (χ4n) is 1.63. The molecule has 2 heterocycles. The molecule has 0 aromatic rings. The van der Waals surface area contributed by atoms with Gasteiger partial charge >= 0.3 is 5.97 Å². The summed E-state index contributed by atoms with van der Waals surface area (Å²) in [4.78, 5) is 10.7. The average Bonchev–Trinajstić information content (AvgIpc) is 2.62. The Morgan fingerprint density at radius 1 is 1.46 bits per heavy atom. The molecule has 0 bridgehead atoms. The molecule has 3 nitrogen and oxygen atoms in total. The maximum Gasteiger partial charge on any atom is 0.320 e. The molecule has 2 rings (SSSR count). The molecule has 2 fully saturated rings. The normalized spacial score (nSPS) is 30.3. The topological polar surface area (TPSA) is 49.3 Å². The smallest absolute Gasteiger partial charge is 0.320 e. The third-order valence-electron chi connectivity index (χ3n) is 2.24. The van der Waals surface area contributed by atoms with Crippen LogP contribution in [0.15, 0.2) is 0 Å². The van der Waals surface area contributed by atoms with Crippen LogP contribution in [0.4, 0.5) is 0 Å². The number of halogens is 1. The Morgan fingerprint density at radius 2 is 2.08 bits per heavy atom. The third kappa shape index (κ3) is 2.26. The van der Waals surface area contributed by atoms with Crippen LogP contribution in [-0.4, -0.2) is 39.2 Å². The lowest BCUT2D eigenvalue weighted by Crippen LogP contribution is -2.30. The van der Waals surface area contributed by atoms with E-state index in [9.17, 15) is 4.79 Å². The van der Waals surface area contributed by atoms with E-state index in [0.717, 1.165) is 13.0 Å². The van der Waals surface area contributed by atoms with Gasteiger partial charge in [-0.05, 0) is 6.42 Å². The predicted octanol–water partition coefficient (Wildman–Crippen LogP) is 1.03. The summed E-state index contributed by atoms with van der Waals surface area (Å²) in [6, 6.07) is -0.317. The Balaban J connectivity index is 0.000000845. The SMILES string of the molecule is Cl.O=C(O)[C@H]1CC2(CN1)SCCS2. The van der Waals surface area contributed by atoms with Crippen molar-refractivity contribution < 1.29 is 9.90 Å². The van der Waals surface area contributed by atoms with E-state index in [4.69, 9.17) is 5.11 Å². The van der Waals surface area contributed by atoms with E-state index in [1.165, 1.54) is 11.5 Å². The maximum atomic E-state index is 10.7. The van der Waals surface area contributed by atoms with Crippen molar-refractivity contribution in [2.75, 3.05) is 18.1 Å². The number of hydrogen-bond acceptors (Lipinski definition) is 4. The van der Waals surface area contributed by atoms with Crippen LogP contribution in [0.25, 0.3) is 0 Å². The van der Waals surface area contributed by atoms with Crippen LogP contribution in [-0.2, 0) is 4.79 Å². The van der Waals surface area contributed by atoms with Crippen LogP contribution in [0.1, 0.15) is 6.42 Å². The first-order valence-electron chi connectivity index (χ1n) is 3.96. The predicted molar refractivity (Wildman–Crippen MR) is 58.9 cm³/mol. The van der Waals surface area contributed by atoms with Gasteiger partial charge in [0.1, 0.15) is 6.04 Å². The van der Waals surface area contributed by atoms with E-state index in [1.54, 1.807) is 0 Å². The summed E-state index contributed by atoms with van der Waals surface area (Å²) in [5, 5.41) is 11.8. The van der Waals surface area contributed by atoms with Crippen molar-refractivity contribution >= 4 is 41.9 Å². The van der Waals surface area contributed by atoms with Gasteiger partial charge in [-0.1, -0.05) is 0 Å². The van der Waals surface area contributed by atoms with Crippen molar-refractivity contribution in [2.45, 2.75) is 16.5 Å². The van der Waals surface area contributed by atoms with Crippen molar-refractivity contribution in [2.24, 2.45) is 0 Å². The molecular formula is C7H12ClNO2S2. The van der Waals surface area contributed by atoms with Crippen molar-refractivity contribution in [3.8, 4) is 0 Å². The third-order valence-corrected chi connectivity index (χ3v) is 5.70. The fourth-order valence-corrected chi connectivity index (χ4v) is 4.81. The van der Waals surface area contributed by atoms with Gasteiger partial charge in [-0.15, -0.1) is 35.9 Å². The zero-order valence-corrected chi connectivity index (χ0v) is 9.44. The zero-order chi connectivity index (χ0) is 8.60. The standard InChI is InChI=1S/C7H11NO2S2.ClH/c9-6(10)5-3-7(4-8-5)11-1-2-12-7;/h5,8H,1-4H2,(H,9,10);1H/t5-;/m1./s1. The van der Waals surface area contributed by atoms with E-state index >= 15 is 0 Å². The van der Waals surface area contributed by atoms with Gasteiger partial charge in [0.15, 0.2) is 0 Å². The van der Waals surface area contributed by atoms with Crippen LogP contribution in [0.3, 0.4) is 0 Å². The first-order valence-corrected chi connectivity index (χ1v) is 5.93. The van der Waals surface area contributed by atoms with Gasteiger partial charge in [0.25, 0.3) is 0 Å². The van der Waals surface area contributed by atoms with Gasteiger partial charge in [-0.2, -0.15) is 0 Å². The Labute approximate surface area is 91.8 Å². The van der Waals surface area contributed by atoms with E-state index in [0.29, 0.717) is 0 Å². The molecule has 0 amide bonds. The molecule has 76 valence electrons. The molecule has 0 saturated carbocycles. The van der Waals surface area contributed by atoms with Crippen molar-refractivity contribution in [1.82, 2.24) is 5.32 Å². The summed E-state index contributed by atoms with van der Waals surface area (Å²) in [5.41, 5.74) is 0. The molecule has 0 aromatic carbocycles. The van der Waals surface area contributed by atoms with Crippen LogP contribution in [0.5, 0.6) is 0 Å². The van der Waals surface area contributed by atoms with E-state index in [1.807, 2.05) is 23.5 Å².